The molecule has 0 aliphatic carbocycles. The van der Waals surface area contributed by atoms with E-state index in [0.717, 1.165) is 9.88 Å². The Balaban J connectivity index is 1.84. The molecule has 3 aromatic rings. The molecule has 116 valence electrons. The summed E-state index contributed by atoms with van der Waals surface area (Å²) < 4.78 is 0. The number of aryl methyl sites for hydroxylation is 1. The SMILES string of the molecule is CC(=O)c1cccc(NC(=O)c2sc(-c3cccs3)nc2C)c1. The van der Waals surface area contributed by atoms with Crippen molar-refractivity contribution in [2.75, 3.05) is 5.32 Å². The lowest BCUT2D eigenvalue weighted by Gasteiger charge is -2.05. The van der Waals surface area contributed by atoms with Crippen molar-refractivity contribution in [2.24, 2.45) is 0 Å². The summed E-state index contributed by atoms with van der Waals surface area (Å²) in [6.45, 7) is 3.33. The van der Waals surface area contributed by atoms with Crippen LogP contribution in [0.5, 0.6) is 0 Å². The molecule has 1 N–H and O–H groups in total. The number of thiophene rings is 1. The van der Waals surface area contributed by atoms with Crippen LogP contribution in [0.15, 0.2) is 41.8 Å². The first kappa shape index (κ1) is 15.6. The van der Waals surface area contributed by atoms with Gasteiger partial charge < -0.3 is 5.32 Å². The van der Waals surface area contributed by atoms with Crippen molar-refractivity contribution in [1.29, 1.82) is 0 Å². The second kappa shape index (κ2) is 6.44. The molecule has 0 saturated carbocycles. The maximum absolute atomic E-state index is 12.5. The number of ketones is 1. The van der Waals surface area contributed by atoms with Crippen LogP contribution in [-0.2, 0) is 0 Å². The highest BCUT2D eigenvalue weighted by Gasteiger charge is 2.17. The summed E-state index contributed by atoms with van der Waals surface area (Å²) in [5.74, 6) is -0.237. The molecule has 2 aromatic heterocycles. The Bertz CT molecular complexity index is 867. The van der Waals surface area contributed by atoms with E-state index in [4.69, 9.17) is 0 Å². The van der Waals surface area contributed by atoms with Gasteiger partial charge in [-0.2, -0.15) is 0 Å². The maximum Gasteiger partial charge on any atom is 0.267 e. The number of anilines is 1. The van der Waals surface area contributed by atoms with Gasteiger partial charge in [0.1, 0.15) is 9.88 Å². The van der Waals surface area contributed by atoms with Crippen molar-refractivity contribution in [2.45, 2.75) is 13.8 Å². The molecule has 1 aromatic carbocycles. The Hall–Kier alpha value is -2.31. The van der Waals surface area contributed by atoms with E-state index in [1.54, 1.807) is 35.6 Å². The van der Waals surface area contributed by atoms with Gasteiger partial charge in [-0.3, -0.25) is 9.59 Å². The van der Waals surface area contributed by atoms with Crippen molar-refractivity contribution >= 4 is 40.1 Å². The predicted molar refractivity (Wildman–Crippen MR) is 94.6 cm³/mol. The zero-order valence-electron chi connectivity index (χ0n) is 12.6. The summed E-state index contributed by atoms with van der Waals surface area (Å²) >= 11 is 2.97. The van der Waals surface area contributed by atoms with Crippen LogP contribution in [0, 0.1) is 6.92 Å². The average molecular weight is 342 g/mol. The van der Waals surface area contributed by atoms with Crippen LogP contribution in [0.3, 0.4) is 0 Å². The fourth-order valence-electron chi connectivity index (χ4n) is 2.12. The van der Waals surface area contributed by atoms with Crippen LogP contribution in [-0.4, -0.2) is 16.7 Å². The van der Waals surface area contributed by atoms with Crippen molar-refractivity contribution < 1.29 is 9.59 Å². The number of hydrogen-bond acceptors (Lipinski definition) is 5. The molecule has 0 aliphatic rings. The number of Topliss-reactive ketones (excluding diaryl/α,β-unsaturated/α-hetero) is 1. The third kappa shape index (κ3) is 3.38. The Morgan fingerprint density at radius 3 is 2.70 bits per heavy atom. The van der Waals surface area contributed by atoms with E-state index in [2.05, 4.69) is 10.3 Å². The highest BCUT2D eigenvalue weighted by atomic mass is 32.1. The number of amides is 1. The lowest BCUT2D eigenvalue weighted by molar-refractivity contribution is 0.101. The number of benzene rings is 1. The van der Waals surface area contributed by atoms with Gasteiger partial charge in [0.05, 0.1) is 10.6 Å². The van der Waals surface area contributed by atoms with Gasteiger partial charge in [-0.15, -0.1) is 22.7 Å². The predicted octanol–water partition coefficient (Wildman–Crippen LogP) is 4.63. The summed E-state index contributed by atoms with van der Waals surface area (Å²) in [7, 11) is 0. The largest absolute Gasteiger partial charge is 0.321 e. The molecular weight excluding hydrogens is 328 g/mol. The summed E-state index contributed by atoms with van der Waals surface area (Å²) in [4.78, 5) is 30.0. The third-order valence-corrected chi connectivity index (χ3v) is 5.46. The van der Waals surface area contributed by atoms with Gasteiger partial charge in [-0.05, 0) is 37.4 Å². The minimum absolute atomic E-state index is 0.0324. The van der Waals surface area contributed by atoms with Crippen LogP contribution in [0.25, 0.3) is 9.88 Å². The molecule has 2 heterocycles. The molecule has 0 unspecified atom stereocenters. The van der Waals surface area contributed by atoms with E-state index in [1.807, 2.05) is 24.4 Å². The number of thiazole rings is 1. The number of rotatable bonds is 4. The minimum Gasteiger partial charge on any atom is -0.321 e. The number of hydrogen-bond donors (Lipinski definition) is 1. The van der Waals surface area contributed by atoms with Crippen LogP contribution >= 0.6 is 22.7 Å². The van der Waals surface area contributed by atoms with Gasteiger partial charge in [-0.25, -0.2) is 4.98 Å². The van der Waals surface area contributed by atoms with Crippen molar-refractivity contribution in [3.63, 3.8) is 0 Å². The second-order valence-electron chi connectivity index (χ2n) is 5.00. The van der Waals surface area contributed by atoms with E-state index in [9.17, 15) is 9.59 Å². The zero-order chi connectivity index (χ0) is 16.4. The lowest BCUT2D eigenvalue weighted by atomic mass is 10.1. The first-order chi connectivity index (χ1) is 11.0. The standard InChI is InChI=1S/C17H14N2O2S2/c1-10-15(23-17(18-10)14-7-4-8-22-14)16(21)19-13-6-3-5-12(9-13)11(2)20/h3-9H,1-2H3,(H,19,21). The van der Waals surface area contributed by atoms with E-state index in [0.29, 0.717) is 21.8 Å². The van der Waals surface area contributed by atoms with Gasteiger partial charge in [0.15, 0.2) is 5.78 Å². The fourth-order valence-corrected chi connectivity index (χ4v) is 3.87. The topological polar surface area (TPSA) is 59.1 Å². The molecule has 1 amide bonds. The smallest absolute Gasteiger partial charge is 0.267 e. The fraction of sp³-hybridized carbons (Fsp3) is 0.118. The van der Waals surface area contributed by atoms with E-state index in [1.165, 1.54) is 18.3 Å². The monoisotopic (exact) mass is 342 g/mol. The summed E-state index contributed by atoms with van der Waals surface area (Å²) in [5.41, 5.74) is 1.88. The average Bonchev–Trinajstić information content (AvgIpc) is 3.16. The van der Waals surface area contributed by atoms with Crippen molar-refractivity contribution in [1.82, 2.24) is 4.98 Å². The second-order valence-corrected chi connectivity index (χ2v) is 6.95. The van der Waals surface area contributed by atoms with Crippen LogP contribution in [0.4, 0.5) is 5.69 Å². The van der Waals surface area contributed by atoms with Crippen LogP contribution in [0.1, 0.15) is 32.6 Å². The lowest BCUT2D eigenvalue weighted by Crippen LogP contribution is -2.11. The molecule has 23 heavy (non-hydrogen) atoms. The first-order valence-electron chi connectivity index (χ1n) is 6.98. The van der Waals surface area contributed by atoms with Crippen LogP contribution in [0.2, 0.25) is 0 Å². The Morgan fingerprint density at radius 2 is 2.00 bits per heavy atom. The molecule has 0 fully saturated rings. The molecule has 0 radical (unpaired) electrons. The molecule has 0 atom stereocenters. The van der Waals surface area contributed by atoms with Crippen LogP contribution < -0.4 is 5.32 Å². The first-order valence-corrected chi connectivity index (χ1v) is 8.68. The molecule has 0 bridgehead atoms. The van der Waals surface area contributed by atoms with E-state index in [-0.39, 0.29) is 11.7 Å². The number of aromatic nitrogens is 1. The Morgan fingerprint density at radius 1 is 1.17 bits per heavy atom. The van der Waals surface area contributed by atoms with Crippen molar-refractivity contribution in [3.8, 4) is 9.88 Å². The summed E-state index contributed by atoms with van der Waals surface area (Å²) in [6.07, 6.45) is 0. The molecule has 0 spiro atoms. The van der Waals surface area contributed by atoms with Gasteiger partial charge >= 0.3 is 0 Å². The number of carbonyl (C=O) groups excluding carboxylic acids is 2. The molecule has 0 aliphatic heterocycles. The quantitative estimate of drug-likeness (QED) is 0.703. The minimum atomic E-state index is -0.205. The van der Waals surface area contributed by atoms with Crippen molar-refractivity contribution in [3.05, 3.63) is 57.9 Å². The van der Waals surface area contributed by atoms with E-state index >= 15 is 0 Å². The summed E-state index contributed by atoms with van der Waals surface area (Å²) in [6, 6.07) is 10.9. The molecule has 0 saturated heterocycles. The number of nitrogens with one attached hydrogen (secondary N) is 1. The van der Waals surface area contributed by atoms with Gasteiger partial charge in [0.25, 0.3) is 5.91 Å². The Kier molecular flexibility index (Phi) is 4.36. The zero-order valence-corrected chi connectivity index (χ0v) is 14.3. The highest BCUT2D eigenvalue weighted by molar-refractivity contribution is 7.22. The third-order valence-electron chi connectivity index (χ3n) is 3.26. The Labute approximate surface area is 141 Å². The normalized spacial score (nSPS) is 10.5. The molecule has 6 heteroatoms. The highest BCUT2D eigenvalue weighted by Crippen LogP contribution is 2.31. The molecule has 3 rings (SSSR count). The van der Waals surface area contributed by atoms with Gasteiger partial charge in [0, 0.05) is 11.3 Å². The summed E-state index contributed by atoms with van der Waals surface area (Å²) in [5, 5.41) is 5.67. The van der Waals surface area contributed by atoms with E-state index < -0.39 is 0 Å². The number of nitrogens with zero attached hydrogens (tertiary/aromatic N) is 1. The van der Waals surface area contributed by atoms with Gasteiger partial charge in [-0.1, -0.05) is 18.2 Å². The number of carbonyl (C=O) groups is 2. The van der Waals surface area contributed by atoms with Gasteiger partial charge in [0.2, 0.25) is 0 Å². The molecular formula is C17H14N2O2S2. The molecule has 4 nitrogen and oxygen atoms in total. The maximum atomic E-state index is 12.5.